The molecule has 1 amide bonds. The van der Waals surface area contributed by atoms with E-state index in [1.807, 2.05) is 0 Å². The van der Waals surface area contributed by atoms with Crippen molar-refractivity contribution < 1.29 is 28.5 Å². The zero-order chi connectivity index (χ0) is 25.9. The molecule has 2 N–H and O–H groups in total. The van der Waals surface area contributed by atoms with Gasteiger partial charge in [0.1, 0.15) is 28.3 Å². The lowest BCUT2D eigenvalue weighted by atomic mass is 10.1. The number of methoxy groups -OCH3 is 2. The second-order valence-electron chi connectivity index (χ2n) is 7.92. The predicted octanol–water partition coefficient (Wildman–Crippen LogP) is 5.36. The number of nitrogens with one attached hydrogen (secondary N) is 1. The molecule has 4 heterocycles. The maximum absolute atomic E-state index is 12.9. The number of rotatable bonds is 7. The number of amides is 1. The maximum Gasteiger partial charge on any atom is 0.261 e. The van der Waals surface area contributed by atoms with Crippen molar-refractivity contribution in [2.75, 3.05) is 19.5 Å². The van der Waals surface area contributed by atoms with Crippen LogP contribution in [-0.4, -0.2) is 40.2 Å². The predicted molar refractivity (Wildman–Crippen MR) is 135 cm³/mol. The van der Waals surface area contributed by atoms with E-state index in [9.17, 15) is 9.90 Å². The number of hydrogen-bond donors (Lipinski definition) is 2. The Balaban J connectivity index is 1.35. The molecule has 0 aliphatic carbocycles. The van der Waals surface area contributed by atoms with Gasteiger partial charge in [-0.15, -0.1) is 0 Å². The van der Waals surface area contributed by atoms with Crippen LogP contribution < -0.4 is 19.5 Å². The van der Waals surface area contributed by atoms with Crippen LogP contribution >= 0.6 is 0 Å². The molecule has 0 bridgehead atoms. The minimum atomic E-state index is -0.517. The lowest BCUT2D eigenvalue weighted by Gasteiger charge is -2.12. The van der Waals surface area contributed by atoms with Crippen molar-refractivity contribution in [2.24, 2.45) is 0 Å². The van der Waals surface area contributed by atoms with Gasteiger partial charge in [0.25, 0.3) is 11.8 Å². The number of carbonyl (C=O) groups is 1. The van der Waals surface area contributed by atoms with E-state index in [-0.39, 0.29) is 11.3 Å². The number of fused-ring (bicyclic) bond motifs is 1. The minimum absolute atomic E-state index is 0.0241. The van der Waals surface area contributed by atoms with Crippen LogP contribution in [0, 0.1) is 6.92 Å². The van der Waals surface area contributed by atoms with Gasteiger partial charge >= 0.3 is 0 Å². The van der Waals surface area contributed by atoms with Crippen molar-refractivity contribution in [3.8, 4) is 40.2 Å². The molecule has 10 heteroatoms. The van der Waals surface area contributed by atoms with Crippen molar-refractivity contribution in [2.45, 2.75) is 6.92 Å². The van der Waals surface area contributed by atoms with E-state index in [1.165, 1.54) is 26.7 Å². The van der Waals surface area contributed by atoms with E-state index in [2.05, 4.69) is 20.3 Å². The van der Waals surface area contributed by atoms with E-state index in [4.69, 9.17) is 18.6 Å². The number of ether oxygens (including phenoxy) is 3. The Morgan fingerprint density at radius 3 is 2.54 bits per heavy atom. The Morgan fingerprint density at radius 1 is 1.03 bits per heavy atom. The highest BCUT2D eigenvalue weighted by molar-refractivity contribution is 6.07. The fourth-order valence-corrected chi connectivity index (χ4v) is 3.79. The van der Waals surface area contributed by atoms with Gasteiger partial charge in [-0.3, -0.25) is 14.8 Å². The second kappa shape index (κ2) is 9.86. The number of anilines is 1. The first-order valence-electron chi connectivity index (χ1n) is 11.2. The standard InChI is InChI=1S/C27H22N4O6/c1-15-23(20-5-4-12-36-20)25(32)18(14-29-15)26(33)30-16-6-8-17(9-7-16)37-21-10-11-28-19-13-22(34-2)27(35-3)31-24(19)21/h4-14H,1-3H3,(H,29,32)(H,30,33). The molecular weight excluding hydrogens is 476 g/mol. The zero-order valence-electron chi connectivity index (χ0n) is 20.2. The largest absolute Gasteiger partial charge is 0.506 e. The number of furan rings is 1. The molecule has 0 saturated carbocycles. The summed E-state index contributed by atoms with van der Waals surface area (Å²) >= 11 is 0. The highest BCUT2D eigenvalue weighted by Gasteiger charge is 2.20. The molecule has 4 aromatic heterocycles. The summed E-state index contributed by atoms with van der Waals surface area (Å²) in [6.45, 7) is 1.73. The molecule has 0 radical (unpaired) electrons. The molecule has 0 fully saturated rings. The van der Waals surface area contributed by atoms with Crippen molar-refractivity contribution in [1.29, 1.82) is 0 Å². The second-order valence-corrected chi connectivity index (χ2v) is 7.92. The van der Waals surface area contributed by atoms with Gasteiger partial charge in [0.2, 0.25) is 0 Å². The van der Waals surface area contributed by atoms with Gasteiger partial charge in [-0.05, 0) is 43.3 Å². The number of carbonyl (C=O) groups excluding carboxylic acids is 1. The fourth-order valence-electron chi connectivity index (χ4n) is 3.79. The van der Waals surface area contributed by atoms with E-state index in [0.717, 1.165) is 0 Å². The Bertz CT molecular complexity index is 1580. The molecule has 0 spiro atoms. The van der Waals surface area contributed by atoms with Crippen molar-refractivity contribution in [3.05, 3.63) is 78.4 Å². The van der Waals surface area contributed by atoms with Crippen LogP contribution in [-0.2, 0) is 0 Å². The highest BCUT2D eigenvalue weighted by Crippen LogP contribution is 2.36. The van der Waals surface area contributed by atoms with E-state index < -0.39 is 5.91 Å². The average molecular weight is 498 g/mol. The number of pyridine rings is 3. The normalized spacial score (nSPS) is 10.8. The lowest BCUT2D eigenvalue weighted by molar-refractivity contribution is 0.102. The molecule has 5 aromatic rings. The third kappa shape index (κ3) is 4.59. The van der Waals surface area contributed by atoms with Crippen LogP contribution in [0.5, 0.6) is 28.9 Å². The molecule has 37 heavy (non-hydrogen) atoms. The third-order valence-electron chi connectivity index (χ3n) is 5.61. The highest BCUT2D eigenvalue weighted by atomic mass is 16.5. The maximum atomic E-state index is 12.9. The smallest absolute Gasteiger partial charge is 0.261 e. The Kier molecular flexibility index (Phi) is 6.29. The summed E-state index contributed by atoms with van der Waals surface area (Å²) in [6.07, 6.45) is 4.43. The molecule has 0 unspecified atom stereocenters. The number of aromatic hydroxyl groups is 1. The summed E-state index contributed by atoms with van der Waals surface area (Å²) in [5.74, 6) is 1.47. The molecule has 186 valence electrons. The summed E-state index contributed by atoms with van der Waals surface area (Å²) in [4.78, 5) is 25.9. The van der Waals surface area contributed by atoms with Crippen LogP contribution in [0.2, 0.25) is 0 Å². The molecule has 5 rings (SSSR count). The number of aromatic nitrogens is 3. The molecule has 0 aliphatic rings. The first-order valence-corrected chi connectivity index (χ1v) is 11.2. The topological polar surface area (TPSA) is 129 Å². The molecule has 0 aliphatic heterocycles. The number of aryl methyl sites for hydroxylation is 1. The Labute approximate surface area is 211 Å². The minimum Gasteiger partial charge on any atom is -0.506 e. The summed E-state index contributed by atoms with van der Waals surface area (Å²) in [5, 5.41) is 13.5. The molecule has 10 nitrogen and oxygen atoms in total. The Morgan fingerprint density at radius 2 is 1.84 bits per heavy atom. The number of nitrogens with zero attached hydrogens (tertiary/aromatic N) is 3. The van der Waals surface area contributed by atoms with Gasteiger partial charge in [-0.2, -0.15) is 0 Å². The summed E-state index contributed by atoms with van der Waals surface area (Å²) in [7, 11) is 3.03. The van der Waals surface area contributed by atoms with Crippen molar-refractivity contribution in [3.63, 3.8) is 0 Å². The van der Waals surface area contributed by atoms with Crippen molar-refractivity contribution >= 4 is 22.6 Å². The third-order valence-corrected chi connectivity index (χ3v) is 5.61. The number of benzene rings is 1. The summed E-state index contributed by atoms with van der Waals surface area (Å²) in [5.41, 5.74) is 2.53. The van der Waals surface area contributed by atoms with Crippen LogP contribution in [0.3, 0.4) is 0 Å². The molecule has 0 saturated heterocycles. The van der Waals surface area contributed by atoms with Gasteiger partial charge < -0.3 is 29.1 Å². The van der Waals surface area contributed by atoms with Crippen molar-refractivity contribution in [1.82, 2.24) is 15.0 Å². The molecule has 0 atom stereocenters. The first-order chi connectivity index (χ1) is 18.0. The van der Waals surface area contributed by atoms with Crippen LogP contribution in [0.25, 0.3) is 22.4 Å². The average Bonchev–Trinajstić information content (AvgIpc) is 3.43. The molecular formula is C27H22N4O6. The van der Waals surface area contributed by atoms with Gasteiger partial charge in [0.15, 0.2) is 11.5 Å². The Hall–Kier alpha value is -5.12. The van der Waals surface area contributed by atoms with Gasteiger partial charge in [-0.25, -0.2) is 4.98 Å². The molecule has 1 aromatic carbocycles. The van der Waals surface area contributed by atoms with Crippen LogP contribution in [0.4, 0.5) is 5.69 Å². The first kappa shape index (κ1) is 23.6. The van der Waals surface area contributed by atoms with Gasteiger partial charge in [0, 0.05) is 30.2 Å². The monoisotopic (exact) mass is 498 g/mol. The van der Waals surface area contributed by atoms with Gasteiger partial charge in [-0.1, -0.05) is 0 Å². The zero-order valence-corrected chi connectivity index (χ0v) is 20.2. The van der Waals surface area contributed by atoms with Crippen LogP contribution in [0.1, 0.15) is 16.1 Å². The SMILES string of the molecule is COc1cc2nccc(Oc3ccc(NC(=O)c4cnc(C)c(-c5ccco5)c4O)cc3)c2nc1OC. The quantitative estimate of drug-likeness (QED) is 0.305. The van der Waals surface area contributed by atoms with Crippen LogP contribution in [0.15, 0.2) is 71.6 Å². The fraction of sp³-hybridized carbons (Fsp3) is 0.111. The lowest BCUT2D eigenvalue weighted by Crippen LogP contribution is -2.13. The van der Waals surface area contributed by atoms with E-state index in [1.54, 1.807) is 61.7 Å². The van der Waals surface area contributed by atoms with E-state index >= 15 is 0 Å². The summed E-state index contributed by atoms with van der Waals surface area (Å²) < 4.78 is 22.0. The number of hydrogen-bond acceptors (Lipinski definition) is 9. The van der Waals surface area contributed by atoms with Gasteiger partial charge in [0.05, 0.1) is 37.3 Å². The summed E-state index contributed by atoms with van der Waals surface area (Å²) in [6, 6.07) is 13.6. The van der Waals surface area contributed by atoms with E-state index in [0.29, 0.717) is 56.9 Å².